The van der Waals surface area contributed by atoms with Gasteiger partial charge in [0.25, 0.3) is 0 Å². The van der Waals surface area contributed by atoms with Gasteiger partial charge in [0, 0.05) is 13.3 Å². The molecule has 0 aromatic carbocycles. The molecule has 0 saturated heterocycles. The van der Waals surface area contributed by atoms with E-state index in [9.17, 15) is 0 Å². The summed E-state index contributed by atoms with van der Waals surface area (Å²) in [7, 11) is 1.80. The lowest BCUT2D eigenvalue weighted by Crippen LogP contribution is -1.93. The summed E-state index contributed by atoms with van der Waals surface area (Å²) < 4.78 is 0. The van der Waals surface area contributed by atoms with E-state index < -0.39 is 0 Å². The second-order valence-corrected chi connectivity index (χ2v) is 3.10. The molecule has 0 bridgehead atoms. The van der Waals surface area contributed by atoms with Gasteiger partial charge in [0.1, 0.15) is 0 Å². The van der Waals surface area contributed by atoms with Crippen molar-refractivity contribution < 1.29 is 0 Å². The Morgan fingerprint density at radius 3 is 2.58 bits per heavy atom. The fourth-order valence-corrected chi connectivity index (χ4v) is 1.20. The molecular formula is C11H21N. The lowest BCUT2D eigenvalue weighted by atomic mass is 9.99. The number of allylic oxidation sites excluding steroid dienone is 2. The first-order valence-electron chi connectivity index (χ1n) is 4.94. The van der Waals surface area contributed by atoms with E-state index in [1.54, 1.807) is 7.05 Å². The quantitative estimate of drug-likeness (QED) is 0.537. The van der Waals surface area contributed by atoms with E-state index in [0.717, 1.165) is 5.92 Å². The lowest BCUT2D eigenvalue weighted by Gasteiger charge is -2.07. The lowest BCUT2D eigenvalue weighted by molar-refractivity contribution is 0.540. The second-order valence-electron chi connectivity index (χ2n) is 3.10. The van der Waals surface area contributed by atoms with Crippen molar-refractivity contribution in [1.82, 2.24) is 0 Å². The van der Waals surface area contributed by atoms with Crippen LogP contribution in [-0.4, -0.2) is 13.3 Å². The largest absolute Gasteiger partial charge is 0.297 e. The molecule has 0 saturated carbocycles. The van der Waals surface area contributed by atoms with Gasteiger partial charge in [-0.15, -0.1) is 0 Å². The molecule has 0 spiro atoms. The molecule has 0 aliphatic carbocycles. The van der Waals surface area contributed by atoms with Gasteiger partial charge in [-0.05, 0) is 24.8 Å². The molecule has 70 valence electrons. The third kappa shape index (κ3) is 6.14. The highest BCUT2D eigenvalue weighted by Gasteiger charge is 1.98. The number of rotatable bonds is 6. The van der Waals surface area contributed by atoms with Crippen LogP contribution in [0.25, 0.3) is 0 Å². The zero-order valence-electron chi connectivity index (χ0n) is 8.59. The highest BCUT2D eigenvalue weighted by atomic mass is 14.6. The smallest absolute Gasteiger partial charge is 0.0277 e. The van der Waals surface area contributed by atoms with Crippen molar-refractivity contribution in [2.75, 3.05) is 7.05 Å². The highest BCUT2D eigenvalue weighted by Crippen LogP contribution is 2.13. The Morgan fingerprint density at radius 2 is 2.08 bits per heavy atom. The van der Waals surface area contributed by atoms with Gasteiger partial charge in [0.15, 0.2) is 0 Å². The van der Waals surface area contributed by atoms with Crippen molar-refractivity contribution in [3.8, 4) is 0 Å². The maximum Gasteiger partial charge on any atom is 0.0277 e. The fraction of sp³-hybridized carbons (Fsp3) is 0.727. The fourth-order valence-electron chi connectivity index (χ4n) is 1.20. The number of hydrogen-bond acceptors (Lipinski definition) is 1. The normalized spacial score (nSPS) is 14.6. The van der Waals surface area contributed by atoms with Gasteiger partial charge < -0.3 is 0 Å². The second kappa shape index (κ2) is 8.51. The first-order chi connectivity index (χ1) is 5.85. The first-order valence-corrected chi connectivity index (χ1v) is 4.94. The van der Waals surface area contributed by atoms with Gasteiger partial charge in [-0.2, -0.15) is 0 Å². The summed E-state index contributed by atoms with van der Waals surface area (Å²) in [6, 6.07) is 0. The van der Waals surface area contributed by atoms with Gasteiger partial charge in [-0.25, -0.2) is 0 Å². The van der Waals surface area contributed by atoms with Crippen LogP contribution in [0.2, 0.25) is 0 Å². The first kappa shape index (κ1) is 11.4. The zero-order chi connectivity index (χ0) is 9.23. The molecule has 0 rings (SSSR count). The van der Waals surface area contributed by atoms with Gasteiger partial charge in [-0.3, -0.25) is 4.99 Å². The monoisotopic (exact) mass is 167 g/mol. The van der Waals surface area contributed by atoms with E-state index in [1.165, 1.54) is 25.7 Å². The molecule has 0 amide bonds. The van der Waals surface area contributed by atoms with E-state index in [2.05, 4.69) is 31.0 Å². The Hall–Kier alpha value is -0.590. The molecule has 1 unspecified atom stereocenters. The molecule has 0 heterocycles. The summed E-state index contributed by atoms with van der Waals surface area (Å²) in [5.41, 5.74) is 0. The van der Waals surface area contributed by atoms with Crippen molar-refractivity contribution in [3.05, 3.63) is 12.2 Å². The summed E-state index contributed by atoms with van der Waals surface area (Å²) in [4.78, 5) is 3.91. The van der Waals surface area contributed by atoms with Crippen molar-refractivity contribution in [2.24, 2.45) is 10.9 Å². The molecule has 0 aromatic heterocycles. The van der Waals surface area contributed by atoms with Crippen LogP contribution in [0.1, 0.15) is 39.5 Å². The van der Waals surface area contributed by atoms with Crippen LogP contribution in [0.5, 0.6) is 0 Å². The third-order valence-corrected chi connectivity index (χ3v) is 2.07. The van der Waals surface area contributed by atoms with Crippen LogP contribution in [0, 0.1) is 5.92 Å². The van der Waals surface area contributed by atoms with E-state index in [-0.39, 0.29) is 0 Å². The summed E-state index contributed by atoms with van der Waals surface area (Å²) >= 11 is 0. The average Bonchev–Trinajstić information content (AvgIpc) is 2.11. The number of unbranched alkanes of at least 4 members (excludes halogenated alkanes) is 1. The Bertz CT molecular complexity index is 136. The van der Waals surface area contributed by atoms with E-state index >= 15 is 0 Å². The molecule has 0 fully saturated rings. The molecule has 1 heteroatoms. The predicted molar refractivity (Wildman–Crippen MR) is 56.9 cm³/mol. The zero-order valence-corrected chi connectivity index (χ0v) is 8.59. The van der Waals surface area contributed by atoms with E-state index in [4.69, 9.17) is 0 Å². The highest BCUT2D eigenvalue weighted by molar-refractivity contribution is 5.70. The van der Waals surface area contributed by atoms with Gasteiger partial charge in [0.05, 0.1) is 0 Å². The predicted octanol–water partition coefficient (Wildman–Crippen LogP) is 3.46. The molecular weight excluding hydrogens is 146 g/mol. The number of aliphatic imine (C=N–C) groups is 1. The molecule has 0 aliphatic heterocycles. The Balaban J connectivity index is 3.65. The minimum Gasteiger partial charge on any atom is -0.297 e. The van der Waals surface area contributed by atoms with Crippen molar-refractivity contribution in [3.63, 3.8) is 0 Å². The Kier molecular flexibility index (Phi) is 8.09. The Labute approximate surface area is 76.6 Å². The minimum absolute atomic E-state index is 0.753. The third-order valence-electron chi connectivity index (χ3n) is 2.07. The topological polar surface area (TPSA) is 12.4 Å². The molecule has 0 radical (unpaired) electrons. The summed E-state index contributed by atoms with van der Waals surface area (Å²) in [6.07, 6.45) is 11.4. The van der Waals surface area contributed by atoms with Crippen molar-refractivity contribution in [2.45, 2.75) is 39.5 Å². The maximum atomic E-state index is 3.91. The molecule has 1 nitrogen and oxygen atoms in total. The van der Waals surface area contributed by atoms with Crippen LogP contribution in [0.4, 0.5) is 0 Å². The average molecular weight is 167 g/mol. The van der Waals surface area contributed by atoms with Crippen LogP contribution < -0.4 is 0 Å². The molecule has 12 heavy (non-hydrogen) atoms. The summed E-state index contributed by atoms with van der Waals surface area (Å²) in [5, 5.41) is 0. The van der Waals surface area contributed by atoms with Gasteiger partial charge >= 0.3 is 0 Å². The van der Waals surface area contributed by atoms with Crippen molar-refractivity contribution >= 4 is 6.21 Å². The minimum atomic E-state index is 0.753. The van der Waals surface area contributed by atoms with Crippen LogP contribution >= 0.6 is 0 Å². The van der Waals surface area contributed by atoms with Crippen LogP contribution in [0.3, 0.4) is 0 Å². The maximum absolute atomic E-state index is 3.91. The van der Waals surface area contributed by atoms with Crippen LogP contribution in [0.15, 0.2) is 17.1 Å². The summed E-state index contributed by atoms with van der Waals surface area (Å²) in [6.45, 7) is 4.48. The number of nitrogens with zero attached hydrogens (tertiary/aromatic N) is 1. The standard InChI is InChI=1S/C11H21N/c1-4-6-8-11(5-2)9-7-10-12-3/h7,9-11H,4-6,8H2,1-3H3/b9-7+,12-10?. The summed E-state index contributed by atoms with van der Waals surface area (Å²) in [5.74, 6) is 0.753. The SMILES string of the molecule is CCCCC(/C=C/C=NC)CC. The van der Waals surface area contributed by atoms with Crippen LogP contribution in [-0.2, 0) is 0 Å². The number of hydrogen-bond donors (Lipinski definition) is 0. The van der Waals surface area contributed by atoms with Crippen molar-refractivity contribution in [1.29, 1.82) is 0 Å². The molecule has 0 aromatic rings. The molecule has 0 N–H and O–H groups in total. The van der Waals surface area contributed by atoms with E-state index in [1.807, 2.05) is 6.21 Å². The van der Waals surface area contributed by atoms with Gasteiger partial charge in [0.2, 0.25) is 0 Å². The molecule has 0 aliphatic rings. The van der Waals surface area contributed by atoms with Gasteiger partial charge in [-0.1, -0.05) is 32.8 Å². The Morgan fingerprint density at radius 1 is 1.33 bits per heavy atom. The molecule has 1 atom stereocenters. The van der Waals surface area contributed by atoms with E-state index in [0.29, 0.717) is 0 Å².